The number of nitrogens with one attached hydrogen (secondary N) is 1. The molecule has 0 radical (unpaired) electrons. The molecule has 3 atom stereocenters. The second-order valence-corrected chi connectivity index (χ2v) is 6.57. The Kier molecular flexibility index (Phi) is 3.91. The number of aromatic nitrogens is 2. The molecule has 1 aliphatic rings. The molecule has 1 aromatic carbocycles. The Labute approximate surface area is 130 Å². The number of imidazole rings is 1. The van der Waals surface area contributed by atoms with Gasteiger partial charge < -0.3 is 15.0 Å². The van der Waals surface area contributed by atoms with E-state index in [2.05, 4.69) is 9.97 Å². The van der Waals surface area contributed by atoms with Crippen LogP contribution >= 0.6 is 0 Å². The van der Waals surface area contributed by atoms with Crippen LogP contribution in [0.25, 0.3) is 11.0 Å². The maximum absolute atomic E-state index is 12.7. The number of nitrogens with zero attached hydrogens (tertiary/aromatic N) is 2. The zero-order valence-corrected chi connectivity index (χ0v) is 13.3. The topological polar surface area (TPSA) is 69.2 Å². The van der Waals surface area contributed by atoms with E-state index in [1.807, 2.05) is 45.0 Å². The molecule has 2 heterocycles. The molecule has 2 aromatic rings. The predicted molar refractivity (Wildman–Crippen MR) is 85.2 cm³/mol. The van der Waals surface area contributed by atoms with Gasteiger partial charge in [-0.05, 0) is 18.1 Å². The Morgan fingerprint density at radius 3 is 2.77 bits per heavy atom. The van der Waals surface area contributed by atoms with Gasteiger partial charge in [-0.25, -0.2) is 4.98 Å². The van der Waals surface area contributed by atoms with E-state index < -0.39 is 6.10 Å². The van der Waals surface area contributed by atoms with Gasteiger partial charge >= 0.3 is 0 Å². The van der Waals surface area contributed by atoms with E-state index in [0.29, 0.717) is 13.0 Å². The second-order valence-electron chi connectivity index (χ2n) is 6.57. The number of likely N-dealkylation sites (tertiary alicyclic amines) is 1. The number of aliphatic hydroxyl groups excluding tert-OH is 1. The summed E-state index contributed by atoms with van der Waals surface area (Å²) in [5.41, 5.74) is 1.85. The van der Waals surface area contributed by atoms with Crippen LogP contribution in [-0.2, 0) is 4.79 Å². The Hall–Kier alpha value is -1.88. The standard InChI is InChI=1S/C17H23N3O2/c1-10(2)11(3)17(22)20-9-12(21)8-15(20)16-18-13-6-4-5-7-14(13)19-16/h4-7,10-12,15,21H,8-9H2,1-3H3,(H,18,19). The molecule has 1 aliphatic heterocycles. The molecule has 0 aliphatic carbocycles. The van der Waals surface area contributed by atoms with Crippen molar-refractivity contribution in [3.63, 3.8) is 0 Å². The smallest absolute Gasteiger partial charge is 0.226 e. The average molecular weight is 301 g/mol. The normalized spacial score (nSPS) is 23.4. The molecule has 22 heavy (non-hydrogen) atoms. The Morgan fingerprint density at radius 1 is 1.36 bits per heavy atom. The molecule has 0 spiro atoms. The fourth-order valence-corrected chi connectivity index (χ4v) is 2.99. The average Bonchev–Trinajstić information content (AvgIpc) is 3.08. The van der Waals surface area contributed by atoms with Crippen molar-refractivity contribution in [2.45, 2.75) is 39.3 Å². The van der Waals surface area contributed by atoms with Gasteiger partial charge in [0.05, 0.1) is 23.2 Å². The quantitative estimate of drug-likeness (QED) is 0.915. The first-order valence-electron chi connectivity index (χ1n) is 7.90. The highest BCUT2D eigenvalue weighted by Gasteiger charge is 2.39. The van der Waals surface area contributed by atoms with Crippen molar-refractivity contribution in [3.8, 4) is 0 Å². The van der Waals surface area contributed by atoms with Crippen molar-refractivity contribution in [2.75, 3.05) is 6.54 Å². The summed E-state index contributed by atoms with van der Waals surface area (Å²) in [5.74, 6) is 1.08. The second kappa shape index (κ2) is 5.72. The number of rotatable bonds is 3. The molecule has 5 heteroatoms. The van der Waals surface area contributed by atoms with Crippen LogP contribution in [-0.4, -0.2) is 38.5 Å². The van der Waals surface area contributed by atoms with Gasteiger partial charge in [-0.2, -0.15) is 0 Å². The van der Waals surface area contributed by atoms with Crippen LogP contribution in [0.1, 0.15) is 39.1 Å². The van der Waals surface area contributed by atoms with Gasteiger partial charge in [0.1, 0.15) is 5.82 Å². The van der Waals surface area contributed by atoms with Gasteiger partial charge in [0, 0.05) is 18.9 Å². The number of aliphatic hydroxyl groups is 1. The van der Waals surface area contributed by atoms with E-state index in [0.717, 1.165) is 16.9 Å². The van der Waals surface area contributed by atoms with E-state index in [9.17, 15) is 9.90 Å². The largest absolute Gasteiger partial charge is 0.391 e. The van der Waals surface area contributed by atoms with Gasteiger partial charge in [0.15, 0.2) is 0 Å². The number of carbonyl (C=O) groups excluding carboxylic acids is 1. The number of hydrogen-bond donors (Lipinski definition) is 2. The predicted octanol–water partition coefficient (Wildman–Crippen LogP) is 2.49. The molecule has 2 N–H and O–H groups in total. The lowest BCUT2D eigenvalue weighted by atomic mass is 9.96. The number of fused-ring (bicyclic) bond motifs is 1. The van der Waals surface area contributed by atoms with Crippen LogP contribution in [0.4, 0.5) is 0 Å². The minimum atomic E-state index is -0.485. The SMILES string of the molecule is CC(C)C(C)C(=O)N1CC(O)CC1c1nc2ccccc2[nH]1. The molecule has 3 unspecified atom stereocenters. The summed E-state index contributed by atoms with van der Waals surface area (Å²) in [6.45, 7) is 6.43. The van der Waals surface area contributed by atoms with Crippen molar-refractivity contribution in [2.24, 2.45) is 11.8 Å². The molecule has 3 rings (SSSR count). The van der Waals surface area contributed by atoms with Gasteiger partial charge in [-0.1, -0.05) is 32.9 Å². The first kappa shape index (κ1) is 15.0. The lowest BCUT2D eigenvalue weighted by Crippen LogP contribution is -2.37. The van der Waals surface area contributed by atoms with Crippen molar-refractivity contribution in [1.29, 1.82) is 0 Å². The monoisotopic (exact) mass is 301 g/mol. The maximum Gasteiger partial charge on any atom is 0.226 e. The number of benzene rings is 1. The minimum Gasteiger partial charge on any atom is -0.391 e. The fraction of sp³-hybridized carbons (Fsp3) is 0.529. The van der Waals surface area contributed by atoms with Gasteiger partial charge in [-0.3, -0.25) is 4.79 Å². The first-order chi connectivity index (χ1) is 10.5. The van der Waals surface area contributed by atoms with Crippen LogP contribution in [0.5, 0.6) is 0 Å². The van der Waals surface area contributed by atoms with Crippen molar-refractivity contribution >= 4 is 16.9 Å². The summed E-state index contributed by atoms with van der Waals surface area (Å²) >= 11 is 0. The summed E-state index contributed by atoms with van der Waals surface area (Å²) < 4.78 is 0. The Bertz CT molecular complexity index is 646. The number of H-pyrrole nitrogens is 1. The molecular weight excluding hydrogens is 278 g/mol. The van der Waals surface area contributed by atoms with Crippen LogP contribution in [0.2, 0.25) is 0 Å². The molecule has 1 aromatic heterocycles. The summed E-state index contributed by atoms with van der Waals surface area (Å²) in [6.07, 6.45) is 0.0534. The summed E-state index contributed by atoms with van der Waals surface area (Å²) in [7, 11) is 0. The van der Waals surface area contributed by atoms with Crippen molar-refractivity contribution < 1.29 is 9.90 Å². The number of carbonyl (C=O) groups is 1. The van der Waals surface area contributed by atoms with Crippen LogP contribution in [0.3, 0.4) is 0 Å². The number of amides is 1. The third kappa shape index (κ3) is 2.61. The zero-order chi connectivity index (χ0) is 15.9. The van der Waals surface area contributed by atoms with Gasteiger partial charge in [0.25, 0.3) is 0 Å². The van der Waals surface area contributed by atoms with E-state index in [1.54, 1.807) is 4.90 Å². The molecule has 5 nitrogen and oxygen atoms in total. The van der Waals surface area contributed by atoms with Crippen LogP contribution in [0.15, 0.2) is 24.3 Å². The number of aromatic amines is 1. The number of hydrogen-bond acceptors (Lipinski definition) is 3. The van der Waals surface area contributed by atoms with E-state index in [-0.39, 0.29) is 23.8 Å². The highest BCUT2D eigenvalue weighted by atomic mass is 16.3. The molecule has 0 saturated carbocycles. The lowest BCUT2D eigenvalue weighted by Gasteiger charge is -2.27. The Balaban J connectivity index is 1.91. The zero-order valence-electron chi connectivity index (χ0n) is 13.3. The van der Waals surface area contributed by atoms with Gasteiger partial charge in [0.2, 0.25) is 5.91 Å². The van der Waals surface area contributed by atoms with E-state index >= 15 is 0 Å². The van der Waals surface area contributed by atoms with Crippen LogP contribution < -0.4 is 0 Å². The molecule has 0 bridgehead atoms. The van der Waals surface area contributed by atoms with Crippen LogP contribution in [0, 0.1) is 11.8 Å². The highest BCUT2D eigenvalue weighted by Crippen LogP contribution is 2.33. The highest BCUT2D eigenvalue weighted by molar-refractivity contribution is 5.80. The first-order valence-corrected chi connectivity index (χ1v) is 7.90. The summed E-state index contributed by atoms with van der Waals surface area (Å²) in [5, 5.41) is 10.0. The summed E-state index contributed by atoms with van der Waals surface area (Å²) in [4.78, 5) is 22.4. The Morgan fingerprint density at radius 2 is 2.09 bits per heavy atom. The number of para-hydroxylation sites is 2. The fourth-order valence-electron chi connectivity index (χ4n) is 2.99. The van der Waals surface area contributed by atoms with E-state index in [4.69, 9.17) is 0 Å². The van der Waals surface area contributed by atoms with E-state index in [1.165, 1.54) is 0 Å². The minimum absolute atomic E-state index is 0.0582. The third-order valence-electron chi connectivity index (χ3n) is 4.67. The van der Waals surface area contributed by atoms with Crippen molar-refractivity contribution in [1.82, 2.24) is 14.9 Å². The summed E-state index contributed by atoms with van der Waals surface area (Å²) in [6, 6.07) is 7.65. The van der Waals surface area contributed by atoms with Gasteiger partial charge in [-0.15, -0.1) is 0 Å². The maximum atomic E-state index is 12.7. The number of β-amino-alcohol motifs (C(OH)–C–C–N with tert-alkyl or cyclic N) is 1. The third-order valence-corrected chi connectivity index (χ3v) is 4.67. The molecular formula is C17H23N3O2. The molecule has 1 amide bonds. The molecule has 1 saturated heterocycles. The molecule has 118 valence electrons. The lowest BCUT2D eigenvalue weighted by molar-refractivity contribution is -0.137. The molecule has 1 fully saturated rings. The van der Waals surface area contributed by atoms with Crippen molar-refractivity contribution in [3.05, 3.63) is 30.1 Å².